The Morgan fingerprint density at radius 3 is 2.59 bits per heavy atom. The van der Waals surface area contributed by atoms with Crippen molar-refractivity contribution in [3.63, 3.8) is 0 Å². The molecule has 2 aromatic carbocycles. The maximum absolute atomic E-state index is 11.8. The molecule has 0 bridgehead atoms. The van der Waals surface area contributed by atoms with Crippen LogP contribution in [0, 0.1) is 6.92 Å². The van der Waals surface area contributed by atoms with Gasteiger partial charge in [0.15, 0.2) is 0 Å². The molecule has 0 aromatic heterocycles. The topological polar surface area (TPSA) is 50.4 Å². The van der Waals surface area contributed by atoms with Crippen LogP contribution in [-0.2, 0) is 11.2 Å². The van der Waals surface area contributed by atoms with Crippen molar-refractivity contribution in [3.8, 4) is 5.75 Å². The van der Waals surface area contributed by atoms with Crippen LogP contribution in [0.4, 0.5) is 5.69 Å². The van der Waals surface area contributed by atoms with Gasteiger partial charge in [0.25, 0.3) is 0 Å². The molecule has 0 atom stereocenters. The number of anilines is 1. The number of ether oxygens (including phenoxy) is 1. The summed E-state index contributed by atoms with van der Waals surface area (Å²) >= 11 is 0. The molecular weight excluding hydrogens is 276 g/mol. The van der Waals surface area contributed by atoms with E-state index in [4.69, 9.17) is 4.74 Å². The average molecular weight is 298 g/mol. The Hall–Kier alpha value is -2.33. The molecule has 0 spiro atoms. The highest BCUT2D eigenvalue weighted by Gasteiger charge is 2.02. The highest BCUT2D eigenvalue weighted by molar-refractivity contribution is 5.92. The zero-order valence-corrected chi connectivity index (χ0v) is 13.1. The van der Waals surface area contributed by atoms with Gasteiger partial charge in [-0.05, 0) is 55.3 Å². The molecule has 2 aromatic rings. The fraction of sp³-hybridized carbons (Fsp3) is 0.278. The van der Waals surface area contributed by atoms with Gasteiger partial charge in [0.1, 0.15) is 5.75 Å². The van der Waals surface area contributed by atoms with Crippen molar-refractivity contribution in [2.45, 2.75) is 13.3 Å². The highest BCUT2D eigenvalue weighted by atomic mass is 16.5. The van der Waals surface area contributed by atoms with E-state index in [2.05, 4.69) is 10.6 Å². The Bertz CT molecular complexity index is 609. The molecule has 0 aliphatic heterocycles. The molecule has 0 radical (unpaired) electrons. The first kappa shape index (κ1) is 16.0. The average Bonchev–Trinajstić information content (AvgIpc) is 2.52. The van der Waals surface area contributed by atoms with Crippen molar-refractivity contribution in [2.24, 2.45) is 0 Å². The van der Waals surface area contributed by atoms with Crippen molar-refractivity contribution >= 4 is 11.6 Å². The Kier molecular flexibility index (Phi) is 5.98. The number of hydrogen-bond acceptors (Lipinski definition) is 3. The number of carbonyl (C=O) groups excluding carboxylic acids is 1. The third-order valence-electron chi connectivity index (χ3n) is 3.34. The predicted molar refractivity (Wildman–Crippen MR) is 89.4 cm³/mol. The normalized spacial score (nSPS) is 10.3. The predicted octanol–water partition coefficient (Wildman–Crippen LogP) is 2.77. The first-order chi connectivity index (χ1) is 10.7. The molecule has 0 unspecified atom stereocenters. The van der Waals surface area contributed by atoms with E-state index >= 15 is 0 Å². The number of benzene rings is 2. The van der Waals surface area contributed by atoms with E-state index in [-0.39, 0.29) is 5.91 Å². The van der Waals surface area contributed by atoms with E-state index in [0.717, 1.165) is 30.0 Å². The Morgan fingerprint density at radius 2 is 1.91 bits per heavy atom. The quantitative estimate of drug-likeness (QED) is 0.773. The number of aryl methyl sites for hydroxylation is 1. The van der Waals surface area contributed by atoms with Crippen LogP contribution in [0.15, 0.2) is 48.5 Å². The van der Waals surface area contributed by atoms with Crippen LogP contribution in [-0.4, -0.2) is 26.1 Å². The van der Waals surface area contributed by atoms with Crippen LogP contribution in [0.2, 0.25) is 0 Å². The second-order valence-electron chi connectivity index (χ2n) is 5.19. The van der Waals surface area contributed by atoms with Crippen LogP contribution in [0.1, 0.15) is 11.1 Å². The second-order valence-corrected chi connectivity index (χ2v) is 5.19. The van der Waals surface area contributed by atoms with Crippen LogP contribution >= 0.6 is 0 Å². The van der Waals surface area contributed by atoms with Gasteiger partial charge in [-0.2, -0.15) is 0 Å². The summed E-state index contributed by atoms with van der Waals surface area (Å²) in [6.07, 6.45) is 0.877. The zero-order valence-electron chi connectivity index (χ0n) is 13.1. The molecule has 22 heavy (non-hydrogen) atoms. The number of rotatable bonds is 7. The molecule has 0 saturated carbocycles. The number of methoxy groups -OCH3 is 1. The van der Waals surface area contributed by atoms with Gasteiger partial charge in [0.2, 0.25) is 5.91 Å². The van der Waals surface area contributed by atoms with Crippen molar-refractivity contribution in [3.05, 3.63) is 59.7 Å². The molecule has 0 aliphatic rings. The summed E-state index contributed by atoms with van der Waals surface area (Å²) in [7, 11) is 1.66. The van der Waals surface area contributed by atoms with Crippen molar-refractivity contribution in [1.29, 1.82) is 0 Å². The Labute approximate surface area is 131 Å². The lowest BCUT2D eigenvalue weighted by Gasteiger charge is -2.08. The largest absolute Gasteiger partial charge is 0.497 e. The van der Waals surface area contributed by atoms with Crippen LogP contribution in [0.5, 0.6) is 5.75 Å². The van der Waals surface area contributed by atoms with E-state index in [1.807, 2.05) is 55.5 Å². The smallest absolute Gasteiger partial charge is 0.238 e. The Balaban J connectivity index is 1.68. The van der Waals surface area contributed by atoms with Crippen molar-refractivity contribution in [1.82, 2.24) is 5.32 Å². The lowest BCUT2D eigenvalue weighted by molar-refractivity contribution is -0.115. The van der Waals surface area contributed by atoms with Crippen molar-refractivity contribution in [2.75, 3.05) is 25.5 Å². The molecule has 0 saturated heterocycles. The first-order valence-electron chi connectivity index (χ1n) is 7.37. The highest BCUT2D eigenvalue weighted by Crippen LogP contribution is 2.11. The van der Waals surface area contributed by atoms with Crippen molar-refractivity contribution < 1.29 is 9.53 Å². The Morgan fingerprint density at radius 1 is 1.14 bits per heavy atom. The minimum atomic E-state index is -0.0275. The molecule has 4 nitrogen and oxygen atoms in total. The van der Waals surface area contributed by atoms with Gasteiger partial charge >= 0.3 is 0 Å². The van der Waals surface area contributed by atoms with Crippen LogP contribution < -0.4 is 15.4 Å². The van der Waals surface area contributed by atoms with E-state index < -0.39 is 0 Å². The summed E-state index contributed by atoms with van der Waals surface area (Å²) < 4.78 is 5.12. The molecular formula is C18H22N2O2. The molecule has 116 valence electrons. The van der Waals surface area contributed by atoms with Gasteiger partial charge in [-0.15, -0.1) is 0 Å². The monoisotopic (exact) mass is 298 g/mol. The lowest BCUT2D eigenvalue weighted by Crippen LogP contribution is -2.29. The molecule has 0 aliphatic carbocycles. The molecule has 0 fully saturated rings. The molecule has 2 N–H and O–H groups in total. The number of nitrogens with one attached hydrogen (secondary N) is 2. The van der Waals surface area contributed by atoms with Gasteiger partial charge in [-0.3, -0.25) is 4.79 Å². The third kappa shape index (κ3) is 5.22. The summed E-state index contributed by atoms with van der Waals surface area (Å²) in [4.78, 5) is 11.8. The molecule has 2 rings (SSSR count). The maximum atomic E-state index is 11.8. The number of hydrogen-bond donors (Lipinski definition) is 2. The van der Waals surface area contributed by atoms with E-state index in [1.54, 1.807) is 7.11 Å². The van der Waals surface area contributed by atoms with E-state index in [1.165, 1.54) is 5.56 Å². The third-order valence-corrected chi connectivity index (χ3v) is 3.34. The van der Waals surface area contributed by atoms with Crippen LogP contribution in [0.25, 0.3) is 0 Å². The summed E-state index contributed by atoms with van der Waals surface area (Å²) in [5.41, 5.74) is 3.18. The van der Waals surface area contributed by atoms with E-state index in [9.17, 15) is 4.79 Å². The van der Waals surface area contributed by atoms with Gasteiger partial charge < -0.3 is 15.4 Å². The summed E-state index contributed by atoms with van der Waals surface area (Å²) in [6, 6.07) is 15.7. The lowest BCUT2D eigenvalue weighted by atomic mass is 10.1. The maximum Gasteiger partial charge on any atom is 0.238 e. The number of carbonyl (C=O) groups is 1. The SMILES string of the molecule is COc1ccc(CCNCC(=O)Nc2cccc(C)c2)cc1. The summed E-state index contributed by atoms with van der Waals surface area (Å²) in [6.45, 7) is 3.07. The van der Waals surface area contributed by atoms with Gasteiger partial charge in [0, 0.05) is 5.69 Å². The van der Waals surface area contributed by atoms with Gasteiger partial charge in [-0.1, -0.05) is 24.3 Å². The fourth-order valence-electron chi connectivity index (χ4n) is 2.15. The summed E-state index contributed by atoms with van der Waals surface area (Å²) in [5.74, 6) is 0.828. The minimum absolute atomic E-state index is 0.0275. The molecule has 4 heteroatoms. The van der Waals surface area contributed by atoms with Gasteiger partial charge in [-0.25, -0.2) is 0 Å². The second kappa shape index (κ2) is 8.20. The number of amides is 1. The summed E-state index contributed by atoms with van der Waals surface area (Å²) in [5, 5.41) is 6.03. The standard InChI is InChI=1S/C18H22N2O2/c1-14-4-3-5-16(12-14)20-18(21)13-19-11-10-15-6-8-17(22-2)9-7-15/h3-9,12,19H,10-11,13H2,1-2H3,(H,20,21). The minimum Gasteiger partial charge on any atom is -0.497 e. The van der Waals surface area contributed by atoms with Gasteiger partial charge in [0.05, 0.1) is 13.7 Å². The van der Waals surface area contributed by atoms with Crippen LogP contribution in [0.3, 0.4) is 0 Å². The zero-order chi connectivity index (χ0) is 15.8. The fourth-order valence-corrected chi connectivity index (χ4v) is 2.15. The molecule has 1 amide bonds. The van der Waals surface area contributed by atoms with E-state index in [0.29, 0.717) is 6.54 Å². The molecule has 0 heterocycles. The first-order valence-corrected chi connectivity index (χ1v) is 7.37.